The zero-order chi connectivity index (χ0) is 20.4. The number of piperazine rings is 1. The second kappa shape index (κ2) is 7.98. The molecule has 4 rings (SSSR count). The van der Waals surface area contributed by atoms with E-state index in [1.165, 1.54) is 6.07 Å². The number of amides is 1. The molecule has 29 heavy (non-hydrogen) atoms. The minimum atomic E-state index is -0.259. The van der Waals surface area contributed by atoms with Gasteiger partial charge in [-0.1, -0.05) is 6.07 Å². The number of hydrogen-bond acceptors (Lipinski definition) is 5. The summed E-state index contributed by atoms with van der Waals surface area (Å²) < 4.78 is 15.1. The molecule has 1 aliphatic rings. The maximum Gasteiger partial charge on any atom is 0.244 e. The Bertz CT molecular complexity index is 1010. The summed E-state index contributed by atoms with van der Waals surface area (Å²) in [6.07, 6.45) is 1.78. The standard InChI is InChI=1S/C21H23FN6O/c1-15-13-17(6-7-18(15)22)21-24-16(2)28(25-21)14-20(29)27-11-9-26(10-12-27)19-5-3-4-8-23-19/h3-8,13H,9-12,14H2,1-2H3. The van der Waals surface area contributed by atoms with Crippen LogP contribution in [0.5, 0.6) is 0 Å². The van der Waals surface area contributed by atoms with Gasteiger partial charge in [-0.25, -0.2) is 19.0 Å². The van der Waals surface area contributed by atoms with Gasteiger partial charge in [0.05, 0.1) is 0 Å². The summed E-state index contributed by atoms with van der Waals surface area (Å²) in [5, 5.41) is 4.46. The Labute approximate surface area is 168 Å². The normalized spacial score (nSPS) is 14.3. The van der Waals surface area contributed by atoms with Gasteiger partial charge in [-0.05, 0) is 49.7 Å². The molecule has 1 aromatic carbocycles. The molecule has 0 atom stereocenters. The highest BCUT2D eigenvalue weighted by Crippen LogP contribution is 2.19. The first kappa shape index (κ1) is 19.0. The summed E-state index contributed by atoms with van der Waals surface area (Å²) in [6.45, 7) is 6.46. The molecule has 3 heterocycles. The molecule has 0 radical (unpaired) electrons. The third kappa shape index (κ3) is 4.11. The lowest BCUT2D eigenvalue weighted by Gasteiger charge is -2.35. The fourth-order valence-corrected chi connectivity index (χ4v) is 3.43. The first-order valence-electron chi connectivity index (χ1n) is 9.63. The fourth-order valence-electron chi connectivity index (χ4n) is 3.43. The van der Waals surface area contributed by atoms with Crippen LogP contribution in [0.4, 0.5) is 10.2 Å². The molecular formula is C21H23FN6O. The molecule has 1 aliphatic heterocycles. The van der Waals surface area contributed by atoms with Crippen LogP contribution in [0, 0.1) is 19.7 Å². The van der Waals surface area contributed by atoms with Crippen LogP contribution in [-0.4, -0.2) is 56.7 Å². The van der Waals surface area contributed by atoms with Gasteiger partial charge in [-0.15, -0.1) is 0 Å². The van der Waals surface area contributed by atoms with Gasteiger partial charge in [0.15, 0.2) is 5.82 Å². The quantitative estimate of drug-likeness (QED) is 0.680. The van der Waals surface area contributed by atoms with E-state index in [0.717, 1.165) is 24.5 Å². The predicted molar refractivity (Wildman–Crippen MR) is 108 cm³/mol. The van der Waals surface area contributed by atoms with E-state index in [2.05, 4.69) is 20.0 Å². The summed E-state index contributed by atoms with van der Waals surface area (Å²) in [5.74, 6) is 1.84. The summed E-state index contributed by atoms with van der Waals surface area (Å²) in [5.41, 5.74) is 1.28. The highest BCUT2D eigenvalue weighted by atomic mass is 19.1. The Balaban J connectivity index is 1.40. The van der Waals surface area contributed by atoms with E-state index >= 15 is 0 Å². The van der Waals surface area contributed by atoms with Crippen LogP contribution in [0.15, 0.2) is 42.6 Å². The summed E-state index contributed by atoms with van der Waals surface area (Å²) in [7, 11) is 0. The molecule has 0 saturated carbocycles. The van der Waals surface area contributed by atoms with Gasteiger partial charge in [0.1, 0.15) is 24.0 Å². The molecular weight excluding hydrogens is 371 g/mol. The Kier molecular flexibility index (Phi) is 5.24. The Hall–Kier alpha value is -3.29. The molecule has 0 spiro atoms. The monoisotopic (exact) mass is 394 g/mol. The van der Waals surface area contributed by atoms with Crippen molar-refractivity contribution < 1.29 is 9.18 Å². The van der Waals surface area contributed by atoms with Crippen LogP contribution in [0.2, 0.25) is 0 Å². The average molecular weight is 394 g/mol. The largest absolute Gasteiger partial charge is 0.353 e. The molecule has 0 aliphatic carbocycles. The van der Waals surface area contributed by atoms with Crippen molar-refractivity contribution in [2.45, 2.75) is 20.4 Å². The topological polar surface area (TPSA) is 67.2 Å². The molecule has 0 unspecified atom stereocenters. The molecule has 1 amide bonds. The van der Waals surface area contributed by atoms with E-state index in [9.17, 15) is 9.18 Å². The zero-order valence-electron chi connectivity index (χ0n) is 16.5. The van der Waals surface area contributed by atoms with Crippen molar-refractivity contribution in [2.24, 2.45) is 0 Å². The van der Waals surface area contributed by atoms with Crippen LogP contribution in [-0.2, 0) is 11.3 Å². The van der Waals surface area contributed by atoms with Crippen molar-refractivity contribution in [3.05, 3.63) is 59.8 Å². The van der Waals surface area contributed by atoms with Crippen molar-refractivity contribution in [2.75, 3.05) is 31.1 Å². The van der Waals surface area contributed by atoms with E-state index in [4.69, 9.17) is 0 Å². The number of pyridine rings is 1. The number of carbonyl (C=O) groups excluding carboxylic acids is 1. The fraction of sp³-hybridized carbons (Fsp3) is 0.333. The number of halogens is 1. The third-order valence-corrected chi connectivity index (χ3v) is 5.16. The summed E-state index contributed by atoms with van der Waals surface area (Å²) >= 11 is 0. The minimum Gasteiger partial charge on any atom is -0.353 e. The number of carbonyl (C=O) groups is 1. The van der Waals surface area contributed by atoms with Gasteiger partial charge in [-0.2, -0.15) is 5.10 Å². The molecule has 150 valence electrons. The molecule has 8 heteroatoms. The maximum atomic E-state index is 13.5. The molecule has 0 N–H and O–H groups in total. The van der Waals surface area contributed by atoms with Crippen molar-refractivity contribution in [1.29, 1.82) is 0 Å². The molecule has 3 aromatic rings. The van der Waals surface area contributed by atoms with Crippen molar-refractivity contribution in [3.8, 4) is 11.4 Å². The number of aryl methyl sites for hydroxylation is 2. The van der Waals surface area contributed by atoms with Gasteiger partial charge in [0, 0.05) is 37.9 Å². The van der Waals surface area contributed by atoms with Crippen LogP contribution in [0.25, 0.3) is 11.4 Å². The second-order valence-electron chi connectivity index (χ2n) is 7.16. The van der Waals surface area contributed by atoms with E-state index in [-0.39, 0.29) is 18.3 Å². The Morgan fingerprint density at radius 3 is 2.59 bits per heavy atom. The van der Waals surface area contributed by atoms with E-state index in [0.29, 0.717) is 30.3 Å². The third-order valence-electron chi connectivity index (χ3n) is 5.16. The molecule has 7 nitrogen and oxygen atoms in total. The molecule has 2 aromatic heterocycles. The highest BCUT2D eigenvalue weighted by molar-refractivity contribution is 5.76. The van der Waals surface area contributed by atoms with E-state index in [1.807, 2.05) is 30.0 Å². The maximum absolute atomic E-state index is 13.5. The summed E-state index contributed by atoms with van der Waals surface area (Å²) in [4.78, 5) is 25.6. The van der Waals surface area contributed by atoms with Gasteiger partial charge in [0.2, 0.25) is 5.91 Å². The number of hydrogen-bond donors (Lipinski definition) is 0. The van der Waals surface area contributed by atoms with Crippen LogP contribution in [0.1, 0.15) is 11.4 Å². The van der Waals surface area contributed by atoms with Crippen molar-refractivity contribution in [1.82, 2.24) is 24.6 Å². The lowest BCUT2D eigenvalue weighted by atomic mass is 10.1. The number of nitrogens with zero attached hydrogens (tertiary/aromatic N) is 6. The van der Waals surface area contributed by atoms with Crippen LogP contribution < -0.4 is 4.90 Å². The number of anilines is 1. The summed E-state index contributed by atoms with van der Waals surface area (Å²) in [6, 6.07) is 10.6. The molecule has 1 saturated heterocycles. The van der Waals surface area contributed by atoms with Gasteiger partial charge in [0.25, 0.3) is 0 Å². The lowest BCUT2D eigenvalue weighted by molar-refractivity contribution is -0.132. The van der Waals surface area contributed by atoms with Crippen molar-refractivity contribution in [3.63, 3.8) is 0 Å². The Morgan fingerprint density at radius 1 is 1.10 bits per heavy atom. The highest BCUT2D eigenvalue weighted by Gasteiger charge is 2.23. The first-order valence-corrected chi connectivity index (χ1v) is 9.63. The number of benzene rings is 1. The first-order chi connectivity index (χ1) is 14.0. The predicted octanol–water partition coefficient (Wildman–Crippen LogP) is 2.44. The zero-order valence-corrected chi connectivity index (χ0v) is 16.5. The van der Waals surface area contributed by atoms with Gasteiger partial charge >= 0.3 is 0 Å². The smallest absolute Gasteiger partial charge is 0.244 e. The average Bonchev–Trinajstić information content (AvgIpc) is 3.11. The van der Waals surface area contributed by atoms with Gasteiger partial charge in [-0.3, -0.25) is 4.79 Å². The second-order valence-corrected chi connectivity index (χ2v) is 7.16. The number of aromatic nitrogens is 4. The van der Waals surface area contributed by atoms with Crippen LogP contribution in [0.3, 0.4) is 0 Å². The van der Waals surface area contributed by atoms with E-state index in [1.54, 1.807) is 29.9 Å². The minimum absolute atomic E-state index is 0.0144. The van der Waals surface area contributed by atoms with Crippen molar-refractivity contribution >= 4 is 11.7 Å². The number of rotatable bonds is 4. The Morgan fingerprint density at radius 2 is 1.90 bits per heavy atom. The molecule has 0 bridgehead atoms. The SMILES string of the molecule is Cc1cc(-c2nc(C)n(CC(=O)N3CCN(c4ccccn4)CC3)n2)ccc1F. The molecule has 1 fully saturated rings. The lowest BCUT2D eigenvalue weighted by Crippen LogP contribution is -2.50. The van der Waals surface area contributed by atoms with Crippen LogP contribution >= 0.6 is 0 Å². The van der Waals surface area contributed by atoms with Gasteiger partial charge < -0.3 is 9.80 Å². The van der Waals surface area contributed by atoms with E-state index < -0.39 is 0 Å².